The van der Waals surface area contributed by atoms with Gasteiger partial charge >= 0.3 is 5.97 Å². The van der Waals surface area contributed by atoms with Crippen molar-refractivity contribution in [2.45, 2.75) is 123 Å². The third-order valence-electron chi connectivity index (χ3n) is 8.05. The Labute approximate surface area is 299 Å². The SMILES string of the molecule is CC.CCC(=O)CCCCCCC(=O)NCCCCC(NC)C(=O)O.CNC(Cc1ccc(O)c(C)c1)C(=O)NC(C=O)Cc1ccccc1. The van der Waals surface area contributed by atoms with Crippen LogP contribution in [-0.4, -0.2) is 78.8 Å². The number of phenolic OH excluding ortho intramolecular Hbond substituents is 1. The Kier molecular flexibility index (Phi) is 26.4. The molecule has 0 aliphatic rings. The fourth-order valence-electron chi connectivity index (χ4n) is 5.01. The summed E-state index contributed by atoms with van der Waals surface area (Å²) in [6.07, 6.45) is 9.38. The molecular weight excluding hydrogens is 636 g/mol. The summed E-state index contributed by atoms with van der Waals surface area (Å²) in [7, 11) is 3.35. The number of benzene rings is 2. The number of hydrogen-bond donors (Lipinski definition) is 6. The minimum atomic E-state index is -0.836. The number of aromatic hydroxyl groups is 1. The Morgan fingerprint density at radius 2 is 1.44 bits per heavy atom. The molecule has 0 spiro atoms. The van der Waals surface area contributed by atoms with Crippen LogP contribution in [0.4, 0.5) is 0 Å². The summed E-state index contributed by atoms with van der Waals surface area (Å²) in [6, 6.07) is 13.3. The van der Waals surface area contributed by atoms with E-state index in [1.807, 2.05) is 64.1 Å². The van der Waals surface area contributed by atoms with Crippen molar-refractivity contribution in [2.75, 3.05) is 20.6 Å². The highest BCUT2D eigenvalue weighted by Gasteiger charge is 2.21. The van der Waals surface area contributed by atoms with Crippen LogP contribution in [0.3, 0.4) is 0 Å². The molecule has 2 aromatic carbocycles. The van der Waals surface area contributed by atoms with Gasteiger partial charge in [0.05, 0.1) is 12.1 Å². The van der Waals surface area contributed by atoms with Gasteiger partial charge in [0.2, 0.25) is 11.8 Å². The molecule has 0 saturated carbocycles. The molecule has 2 amide bonds. The van der Waals surface area contributed by atoms with Gasteiger partial charge in [0.1, 0.15) is 23.9 Å². The highest BCUT2D eigenvalue weighted by atomic mass is 16.4. The van der Waals surface area contributed by atoms with Gasteiger partial charge in [-0.25, -0.2) is 0 Å². The van der Waals surface area contributed by atoms with E-state index in [1.165, 1.54) is 0 Å². The van der Waals surface area contributed by atoms with Crippen LogP contribution in [0.2, 0.25) is 0 Å². The smallest absolute Gasteiger partial charge is 0.320 e. The summed E-state index contributed by atoms with van der Waals surface area (Å²) in [5, 5.41) is 29.9. The molecule has 3 unspecified atom stereocenters. The lowest BCUT2D eigenvalue weighted by atomic mass is 10.0. The maximum Gasteiger partial charge on any atom is 0.320 e. The molecule has 280 valence electrons. The van der Waals surface area contributed by atoms with E-state index in [2.05, 4.69) is 21.3 Å². The summed E-state index contributed by atoms with van der Waals surface area (Å²) < 4.78 is 0. The molecule has 0 heterocycles. The van der Waals surface area contributed by atoms with Crippen LogP contribution >= 0.6 is 0 Å². The monoisotopic (exact) mass is 698 g/mol. The molecule has 11 heteroatoms. The van der Waals surface area contributed by atoms with Crippen molar-refractivity contribution in [1.29, 1.82) is 0 Å². The first kappa shape index (κ1) is 45.9. The quantitative estimate of drug-likeness (QED) is 0.0686. The average Bonchev–Trinajstić information content (AvgIpc) is 3.12. The van der Waals surface area contributed by atoms with Gasteiger partial charge in [0.15, 0.2) is 0 Å². The number of aliphatic carboxylic acids is 1. The highest BCUT2D eigenvalue weighted by molar-refractivity contribution is 5.84. The standard InChI is InChI=1S/C20H24N2O3.C17H32N2O4.C2H6/c1-14-10-16(8-9-19(14)24)12-18(21-2)20(25)22-17(13-23)11-15-6-4-3-5-7-15;1-3-14(20)10-6-4-5-7-12-16(21)19-13-9-8-11-15(18-2)17(22)23;1-2/h3-10,13,17-18,21,24H,11-12H2,1-2H3,(H,22,25);15,18H,3-13H2,1-2H3,(H,19,21)(H,22,23);1-2H3. The maximum atomic E-state index is 12.5. The van der Waals surface area contributed by atoms with Crippen molar-refractivity contribution in [3.05, 3.63) is 65.2 Å². The fraction of sp³-hybridized carbons (Fsp3) is 0.564. The number of ketones is 1. The van der Waals surface area contributed by atoms with E-state index >= 15 is 0 Å². The number of hydrogen-bond acceptors (Lipinski definition) is 8. The number of carboxylic acids is 1. The molecule has 0 saturated heterocycles. The molecule has 11 nitrogen and oxygen atoms in total. The fourth-order valence-corrected chi connectivity index (χ4v) is 5.01. The lowest BCUT2D eigenvalue weighted by molar-refractivity contribution is -0.139. The van der Waals surface area contributed by atoms with Gasteiger partial charge < -0.3 is 36.3 Å². The minimum absolute atomic E-state index is 0.0537. The van der Waals surface area contributed by atoms with Crippen LogP contribution in [0.5, 0.6) is 5.75 Å². The van der Waals surface area contributed by atoms with Crippen molar-refractivity contribution in [2.24, 2.45) is 0 Å². The van der Waals surface area contributed by atoms with Crippen LogP contribution < -0.4 is 21.3 Å². The van der Waals surface area contributed by atoms with Gasteiger partial charge in [0.25, 0.3) is 0 Å². The second kappa shape index (κ2) is 28.7. The van der Waals surface area contributed by atoms with Crippen LogP contribution in [0.15, 0.2) is 48.5 Å². The molecule has 0 bridgehead atoms. The number of unbranched alkanes of at least 4 members (excludes halogenated alkanes) is 4. The number of carbonyl (C=O) groups is 5. The van der Waals surface area contributed by atoms with Crippen molar-refractivity contribution in [1.82, 2.24) is 21.3 Å². The average molecular weight is 699 g/mol. The van der Waals surface area contributed by atoms with E-state index in [9.17, 15) is 29.1 Å². The molecule has 2 rings (SSSR count). The maximum absolute atomic E-state index is 12.5. The van der Waals surface area contributed by atoms with Gasteiger partial charge in [-0.15, -0.1) is 0 Å². The first-order valence-corrected chi connectivity index (χ1v) is 18.0. The van der Waals surface area contributed by atoms with Gasteiger partial charge in [-0.05, 0) is 88.7 Å². The predicted molar refractivity (Wildman–Crippen MR) is 199 cm³/mol. The third-order valence-corrected chi connectivity index (χ3v) is 8.05. The molecule has 0 radical (unpaired) electrons. The number of carbonyl (C=O) groups excluding carboxylic acids is 4. The molecular formula is C39H62N4O7. The second-order valence-corrected chi connectivity index (χ2v) is 11.9. The Hall–Kier alpha value is -4.09. The van der Waals surface area contributed by atoms with Gasteiger partial charge in [0, 0.05) is 25.8 Å². The van der Waals surface area contributed by atoms with Crippen LogP contribution in [-0.2, 0) is 36.8 Å². The van der Waals surface area contributed by atoms with Crippen molar-refractivity contribution in [3.8, 4) is 5.75 Å². The van der Waals surface area contributed by atoms with Gasteiger partial charge in [-0.2, -0.15) is 0 Å². The number of amides is 2. The van der Waals surface area contributed by atoms with Crippen molar-refractivity contribution < 1.29 is 34.2 Å². The normalized spacial score (nSPS) is 12.1. The number of Topliss-reactive ketones (excluding diaryl/α,β-unsaturated/α-hetero) is 1. The molecule has 50 heavy (non-hydrogen) atoms. The summed E-state index contributed by atoms with van der Waals surface area (Å²) in [4.78, 5) is 57.4. The van der Waals surface area contributed by atoms with E-state index in [0.717, 1.165) is 61.5 Å². The van der Waals surface area contributed by atoms with E-state index in [4.69, 9.17) is 5.11 Å². The van der Waals surface area contributed by atoms with E-state index < -0.39 is 24.1 Å². The largest absolute Gasteiger partial charge is 0.508 e. The zero-order valence-electron chi connectivity index (χ0n) is 31.1. The zero-order chi connectivity index (χ0) is 37.7. The summed E-state index contributed by atoms with van der Waals surface area (Å²) >= 11 is 0. The molecule has 0 aromatic heterocycles. The number of rotatable bonds is 23. The van der Waals surface area contributed by atoms with Gasteiger partial charge in [-0.1, -0.05) is 76.1 Å². The van der Waals surface area contributed by atoms with Gasteiger partial charge in [-0.3, -0.25) is 19.2 Å². The Morgan fingerprint density at radius 3 is 2.00 bits per heavy atom. The number of aldehydes is 1. The highest BCUT2D eigenvalue weighted by Crippen LogP contribution is 2.18. The number of likely N-dealkylation sites (N-methyl/N-ethyl adjacent to an activating group) is 2. The Balaban J connectivity index is 0.000000919. The van der Waals surface area contributed by atoms with Crippen LogP contribution in [0, 0.1) is 6.92 Å². The Morgan fingerprint density at radius 1 is 0.800 bits per heavy atom. The number of aryl methyl sites for hydroxylation is 1. The number of carboxylic acid groups (broad SMARTS) is 1. The lowest BCUT2D eigenvalue weighted by Gasteiger charge is -2.20. The second-order valence-electron chi connectivity index (χ2n) is 11.9. The number of phenols is 1. The van der Waals surface area contributed by atoms with E-state index in [-0.39, 0.29) is 17.6 Å². The molecule has 6 N–H and O–H groups in total. The first-order valence-electron chi connectivity index (χ1n) is 18.0. The zero-order valence-corrected chi connectivity index (χ0v) is 31.1. The minimum Gasteiger partial charge on any atom is -0.508 e. The van der Waals surface area contributed by atoms with Crippen LogP contribution in [0.1, 0.15) is 102 Å². The topological polar surface area (TPSA) is 174 Å². The summed E-state index contributed by atoms with van der Waals surface area (Å²) in [6.45, 7) is 8.29. The number of nitrogens with one attached hydrogen (secondary N) is 4. The molecule has 0 aliphatic heterocycles. The molecule has 0 aliphatic carbocycles. The summed E-state index contributed by atoms with van der Waals surface area (Å²) in [5.74, 6) is -0.458. The molecule has 3 atom stereocenters. The van der Waals surface area contributed by atoms with Crippen LogP contribution in [0.25, 0.3) is 0 Å². The third kappa shape index (κ3) is 21.1. The van der Waals surface area contributed by atoms with Crippen molar-refractivity contribution >= 4 is 29.9 Å². The molecule has 2 aromatic rings. The molecule has 0 fully saturated rings. The lowest BCUT2D eigenvalue weighted by Crippen LogP contribution is -2.49. The van der Waals surface area contributed by atoms with Crippen molar-refractivity contribution in [3.63, 3.8) is 0 Å². The Bertz CT molecular complexity index is 1260. The van der Waals surface area contributed by atoms with E-state index in [1.54, 1.807) is 26.2 Å². The first-order chi connectivity index (χ1) is 24.0. The van der Waals surface area contributed by atoms with E-state index in [0.29, 0.717) is 50.9 Å². The summed E-state index contributed by atoms with van der Waals surface area (Å²) in [5.41, 5.74) is 2.70. The predicted octanol–water partition coefficient (Wildman–Crippen LogP) is 5.05.